The Kier molecular flexibility index (Phi) is 5.48. The molecule has 1 aliphatic rings. The molecule has 2 atom stereocenters. The molecule has 4 heteroatoms. The van der Waals surface area contributed by atoms with Gasteiger partial charge >= 0.3 is 0 Å². The van der Waals surface area contributed by atoms with E-state index in [4.69, 9.17) is 23.2 Å². The molecule has 0 N–H and O–H groups in total. The first-order valence-electron chi connectivity index (χ1n) is 7.16. The highest BCUT2D eigenvalue weighted by Gasteiger charge is 2.23. The smallest absolute Gasteiger partial charge is 0.176 e. The Labute approximate surface area is 131 Å². The molecule has 1 saturated carbocycles. The second-order valence-corrected chi connectivity index (χ2v) is 6.71. The Morgan fingerprint density at radius 2 is 2.05 bits per heavy atom. The largest absolute Gasteiger partial charge is 0.296 e. The molecule has 1 fully saturated rings. The van der Waals surface area contributed by atoms with E-state index in [0.717, 1.165) is 5.92 Å². The summed E-state index contributed by atoms with van der Waals surface area (Å²) in [4.78, 5) is 14.5. The second kappa shape index (κ2) is 6.93. The lowest BCUT2D eigenvalue weighted by Crippen LogP contribution is -2.38. The van der Waals surface area contributed by atoms with E-state index in [-0.39, 0.29) is 5.78 Å². The average Bonchev–Trinajstić information content (AvgIpc) is 2.41. The minimum absolute atomic E-state index is 0.101. The van der Waals surface area contributed by atoms with Gasteiger partial charge in [-0.3, -0.25) is 9.69 Å². The Morgan fingerprint density at radius 3 is 2.70 bits per heavy atom. The first-order chi connectivity index (χ1) is 9.47. The number of Topliss-reactive ketones (excluding diaryl/α,β-unsaturated/α-hetero) is 1. The van der Waals surface area contributed by atoms with Gasteiger partial charge in [0.05, 0.1) is 16.6 Å². The number of hydrogen-bond acceptors (Lipinski definition) is 2. The summed E-state index contributed by atoms with van der Waals surface area (Å²) < 4.78 is 0. The first kappa shape index (κ1) is 15.8. The van der Waals surface area contributed by atoms with Crippen LogP contribution in [0.4, 0.5) is 0 Å². The molecule has 1 aromatic rings. The summed E-state index contributed by atoms with van der Waals surface area (Å²) in [7, 11) is 2.04. The molecule has 1 aromatic carbocycles. The standard InChI is InChI=1S/C16H21Cl2NO/c1-11-4-3-5-13(8-11)19(2)10-16(20)12-6-7-14(17)15(18)9-12/h6-7,9,11,13H,3-5,8,10H2,1-2H3. The van der Waals surface area contributed by atoms with Gasteiger partial charge in [0, 0.05) is 11.6 Å². The van der Waals surface area contributed by atoms with E-state index >= 15 is 0 Å². The van der Waals surface area contributed by atoms with E-state index < -0.39 is 0 Å². The van der Waals surface area contributed by atoms with Crippen molar-refractivity contribution in [2.45, 2.75) is 38.6 Å². The van der Waals surface area contributed by atoms with Gasteiger partial charge in [0.15, 0.2) is 5.78 Å². The molecule has 2 rings (SSSR count). The number of carbonyl (C=O) groups excluding carboxylic acids is 1. The van der Waals surface area contributed by atoms with Crippen molar-refractivity contribution < 1.29 is 4.79 Å². The predicted octanol–water partition coefficient (Wildman–Crippen LogP) is 4.69. The Hall–Kier alpha value is -0.570. The average molecular weight is 314 g/mol. The van der Waals surface area contributed by atoms with Crippen LogP contribution in [0.1, 0.15) is 43.0 Å². The molecule has 0 saturated heterocycles. The summed E-state index contributed by atoms with van der Waals surface area (Å²) in [5.74, 6) is 0.862. The lowest BCUT2D eigenvalue weighted by atomic mass is 9.86. The topological polar surface area (TPSA) is 20.3 Å². The lowest BCUT2D eigenvalue weighted by molar-refractivity contribution is 0.0882. The van der Waals surface area contributed by atoms with Crippen LogP contribution in [0, 0.1) is 5.92 Å². The van der Waals surface area contributed by atoms with Crippen LogP contribution in [-0.4, -0.2) is 30.3 Å². The van der Waals surface area contributed by atoms with Crippen LogP contribution < -0.4 is 0 Å². The fraction of sp³-hybridized carbons (Fsp3) is 0.562. The van der Waals surface area contributed by atoms with Crippen LogP contribution in [0.3, 0.4) is 0 Å². The number of hydrogen-bond donors (Lipinski definition) is 0. The summed E-state index contributed by atoms with van der Waals surface area (Å²) >= 11 is 11.8. The number of rotatable bonds is 4. The summed E-state index contributed by atoms with van der Waals surface area (Å²) in [6.07, 6.45) is 4.95. The zero-order valence-electron chi connectivity index (χ0n) is 12.0. The fourth-order valence-corrected chi connectivity index (χ4v) is 3.22. The molecule has 2 unspecified atom stereocenters. The van der Waals surface area contributed by atoms with Crippen LogP contribution in [-0.2, 0) is 0 Å². The van der Waals surface area contributed by atoms with E-state index in [1.165, 1.54) is 25.7 Å². The van der Waals surface area contributed by atoms with E-state index in [9.17, 15) is 4.79 Å². The van der Waals surface area contributed by atoms with Gasteiger partial charge in [0.25, 0.3) is 0 Å². The highest BCUT2D eigenvalue weighted by atomic mass is 35.5. The minimum Gasteiger partial charge on any atom is -0.296 e. The van der Waals surface area contributed by atoms with E-state index in [1.807, 2.05) is 7.05 Å². The van der Waals surface area contributed by atoms with Crippen molar-refractivity contribution in [1.29, 1.82) is 0 Å². The van der Waals surface area contributed by atoms with Gasteiger partial charge in [-0.2, -0.15) is 0 Å². The number of nitrogens with zero attached hydrogens (tertiary/aromatic N) is 1. The number of benzene rings is 1. The maximum Gasteiger partial charge on any atom is 0.176 e. The minimum atomic E-state index is 0.101. The summed E-state index contributed by atoms with van der Waals surface area (Å²) in [5, 5.41) is 0.920. The van der Waals surface area contributed by atoms with Crippen molar-refractivity contribution in [3.05, 3.63) is 33.8 Å². The molecular weight excluding hydrogens is 293 g/mol. The van der Waals surface area contributed by atoms with Gasteiger partial charge in [-0.25, -0.2) is 0 Å². The maximum atomic E-state index is 12.3. The lowest BCUT2D eigenvalue weighted by Gasteiger charge is -2.33. The van der Waals surface area contributed by atoms with Gasteiger partial charge in [0.2, 0.25) is 0 Å². The fourth-order valence-electron chi connectivity index (χ4n) is 2.92. The molecular formula is C16H21Cl2NO. The molecule has 0 spiro atoms. The SMILES string of the molecule is CC1CCCC(N(C)CC(=O)c2ccc(Cl)c(Cl)c2)C1. The molecule has 0 bridgehead atoms. The van der Waals surface area contributed by atoms with Gasteiger partial charge in [0.1, 0.15) is 0 Å². The quantitative estimate of drug-likeness (QED) is 0.752. The Balaban J connectivity index is 1.97. The third-order valence-electron chi connectivity index (χ3n) is 4.17. The molecule has 0 aromatic heterocycles. The molecule has 0 heterocycles. The molecule has 2 nitrogen and oxygen atoms in total. The third kappa shape index (κ3) is 3.97. The zero-order chi connectivity index (χ0) is 14.7. The van der Waals surface area contributed by atoms with Crippen molar-refractivity contribution in [3.63, 3.8) is 0 Å². The molecule has 110 valence electrons. The zero-order valence-corrected chi connectivity index (χ0v) is 13.5. The van der Waals surface area contributed by atoms with Crippen LogP contribution in [0.5, 0.6) is 0 Å². The molecule has 0 amide bonds. The predicted molar refractivity (Wildman–Crippen MR) is 84.8 cm³/mol. The molecule has 0 aliphatic heterocycles. The monoisotopic (exact) mass is 313 g/mol. The summed E-state index contributed by atoms with van der Waals surface area (Å²) in [6, 6.07) is 5.60. The highest BCUT2D eigenvalue weighted by molar-refractivity contribution is 6.42. The van der Waals surface area contributed by atoms with Crippen molar-refractivity contribution in [3.8, 4) is 0 Å². The number of ketones is 1. The van der Waals surface area contributed by atoms with E-state index in [0.29, 0.717) is 28.2 Å². The first-order valence-corrected chi connectivity index (χ1v) is 7.91. The molecule has 20 heavy (non-hydrogen) atoms. The molecule has 0 radical (unpaired) electrons. The van der Waals surface area contributed by atoms with Gasteiger partial charge in [-0.1, -0.05) is 43.0 Å². The van der Waals surface area contributed by atoms with Gasteiger partial charge in [-0.15, -0.1) is 0 Å². The van der Waals surface area contributed by atoms with E-state index in [2.05, 4.69) is 11.8 Å². The maximum absolute atomic E-state index is 12.3. The van der Waals surface area contributed by atoms with Crippen molar-refractivity contribution >= 4 is 29.0 Å². The van der Waals surface area contributed by atoms with E-state index in [1.54, 1.807) is 18.2 Å². The van der Waals surface area contributed by atoms with Crippen LogP contribution in [0.15, 0.2) is 18.2 Å². The van der Waals surface area contributed by atoms with Gasteiger partial charge in [-0.05, 0) is 44.0 Å². The number of carbonyl (C=O) groups is 1. The number of halogens is 2. The van der Waals surface area contributed by atoms with Crippen molar-refractivity contribution in [2.24, 2.45) is 5.92 Å². The highest BCUT2D eigenvalue weighted by Crippen LogP contribution is 2.27. The summed E-state index contributed by atoms with van der Waals surface area (Å²) in [6.45, 7) is 2.73. The van der Waals surface area contributed by atoms with Gasteiger partial charge < -0.3 is 0 Å². The van der Waals surface area contributed by atoms with Crippen molar-refractivity contribution in [2.75, 3.05) is 13.6 Å². The van der Waals surface area contributed by atoms with Crippen LogP contribution in [0.2, 0.25) is 10.0 Å². The van der Waals surface area contributed by atoms with Crippen molar-refractivity contribution in [1.82, 2.24) is 4.90 Å². The Morgan fingerprint density at radius 1 is 1.30 bits per heavy atom. The van der Waals surface area contributed by atoms with Crippen LogP contribution >= 0.6 is 23.2 Å². The number of likely N-dealkylation sites (N-methyl/N-ethyl adjacent to an activating group) is 1. The summed E-state index contributed by atoms with van der Waals surface area (Å²) in [5.41, 5.74) is 0.634. The second-order valence-electron chi connectivity index (χ2n) is 5.89. The third-order valence-corrected chi connectivity index (χ3v) is 4.91. The Bertz CT molecular complexity index is 489. The molecule has 1 aliphatic carbocycles. The van der Waals surface area contributed by atoms with Crippen LogP contribution in [0.25, 0.3) is 0 Å². The normalized spacial score (nSPS) is 23.1.